The lowest BCUT2D eigenvalue weighted by molar-refractivity contribution is 0.298. The Kier molecular flexibility index (Phi) is 4.78. The van der Waals surface area contributed by atoms with Crippen LogP contribution in [0.25, 0.3) is 0 Å². The molecule has 5 heteroatoms. The number of nitrogens with one attached hydrogen (secondary N) is 1. The molecule has 3 nitrogen and oxygen atoms in total. The average Bonchev–Trinajstić information content (AvgIpc) is 3.21. The number of benzene rings is 1. The number of thiazole rings is 1. The Morgan fingerprint density at radius 2 is 2.29 bits per heavy atom. The van der Waals surface area contributed by atoms with Gasteiger partial charge in [-0.2, -0.15) is 0 Å². The highest BCUT2D eigenvalue weighted by molar-refractivity contribution is 7.09. The van der Waals surface area contributed by atoms with Gasteiger partial charge in [0, 0.05) is 28.6 Å². The molecule has 1 N–H and O–H groups in total. The van der Waals surface area contributed by atoms with Crippen molar-refractivity contribution in [2.24, 2.45) is 0 Å². The highest BCUT2D eigenvalue weighted by Crippen LogP contribution is 2.26. The smallest absolute Gasteiger partial charge is 0.131 e. The van der Waals surface area contributed by atoms with Crippen molar-refractivity contribution in [2.45, 2.75) is 45.4 Å². The van der Waals surface area contributed by atoms with Crippen molar-refractivity contribution in [1.29, 1.82) is 0 Å². The molecule has 0 unspecified atom stereocenters. The number of nitrogens with zero attached hydrogens (tertiary/aromatic N) is 1. The van der Waals surface area contributed by atoms with Crippen LogP contribution in [0.1, 0.15) is 36.0 Å². The molecule has 1 fully saturated rings. The standard InChI is InChI=1S/C16H19ClN2OS/c1-2-16-19-14(10-21-16)9-20-15-6-3-12(17)7-11(15)8-18-13-4-5-13/h3,6-7,10,13,18H,2,4-5,8-9H2,1H3. The number of aromatic nitrogens is 1. The van der Waals surface area contributed by atoms with Crippen molar-refractivity contribution in [2.75, 3.05) is 0 Å². The normalized spacial score (nSPS) is 14.4. The van der Waals surface area contributed by atoms with Crippen LogP contribution in [0.4, 0.5) is 0 Å². The SMILES string of the molecule is CCc1nc(COc2ccc(Cl)cc2CNC2CC2)cs1. The number of hydrogen-bond acceptors (Lipinski definition) is 4. The summed E-state index contributed by atoms with van der Waals surface area (Å²) in [5, 5.41) is 7.47. The summed E-state index contributed by atoms with van der Waals surface area (Å²) in [6.07, 6.45) is 3.52. The summed E-state index contributed by atoms with van der Waals surface area (Å²) in [6, 6.07) is 6.46. The molecule has 2 aromatic rings. The van der Waals surface area contributed by atoms with E-state index in [1.165, 1.54) is 12.8 Å². The second-order valence-corrected chi connectivity index (χ2v) is 6.66. The Morgan fingerprint density at radius 3 is 3.00 bits per heavy atom. The fourth-order valence-electron chi connectivity index (χ4n) is 2.10. The Morgan fingerprint density at radius 1 is 1.43 bits per heavy atom. The van der Waals surface area contributed by atoms with Gasteiger partial charge in [0.25, 0.3) is 0 Å². The van der Waals surface area contributed by atoms with Crippen molar-refractivity contribution in [1.82, 2.24) is 10.3 Å². The van der Waals surface area contributed by atoms with E-state index in [9.17, 15) is 0 Å². The molecule has 0 radical (unpaired) electrons. The third-order valence-corrected chi connectivity index (χ3v) is 4.74. The van der Waals surface area contributed by atoms with Gasteiger partial charge in [0.15, 0.2) is 0 Å². The van der Waals surface area contributed by atoms with Crippen LogP contribution in [0.15, 0.2) is 23.6 Å². The summed E-state index contributed by atoms with van der Waals surface area (Å²) >= 11 is 7.78. The lowest BCUT2D eigenvalue weighted by Crippen LogP contribution is -2.16. The Balaban J connectivity index is 1.65. The maximum atomic E-state index is 6.09. The van der Waals surface area contributed by atoms with Crippen molar-refractivity contribution < 1.29 is 4.74 Å². The molecule has 1 aliphatic carbocycles. The number of halogens is 1. The Labute approximate surface area is 134 Å². The zero-order valence-electron chi connectivity index (χ0n) is 12.1. The van der Waals surface area contributed by atoms with E-state index in [0.717, 1.165) is 40.0 Å². The van der Waals surface area contributed by atoms with Crippen molar-refractivity contribution in [3.05, 3.63) is 44.9 Å². The lowest BCUT2D eigenvalue weighted by atomic mass is 10.2. The van der Waals surface area contributed by atoms with Gasteiger partial charge in [-0.25, -0.2) is 4.98 Å². The molecule has 1 aliphatic rings. The predicted octanol–water partition coefficient (Wildman–Crippen LogP) is 4.19. The van der Waals surface area contributed by atoms with Crippen molar-refractivity contribution >= 4 is 22.9 Å². The van der Waals surface area contributed by atoms with Crippen LogP contribution in [0.5, 0.6) is 5.75 Å². The highest BCUT2D eigenvalue weighted by atomic mass is 35.5. The predicted molar refractivity (Wildman–Crippen MR) is 87.1 cm³/mol. The number of rotatable bonds is 7. The molecule has 0 amide bonds. The van der Waals surface area contributed by atoms with E-state index in [1.807, 2.05) is 18.2 Å². The van der Waals surface area contributed by atoms with Gasteiger partial charge in [0.1, 0.15) is 12.4 Å². The molecule has 0 bridgehead atoms. The molecule has 0 spiro atoms. The monoisotopic (exact) mass is 322 g/mol. The Hall–Kier alpha value is -1.10. The third-order valence-electron chi connectivity index (χ3n) is 3.46. The second kappa shape index (κ2) is 6.77. The van der Waals surface area contributed by atoms with Gasteiger partial charge in [-0.1, -0.05) is 18.5 Å². The topological polar surface area (TPSA) is 34.1 Å². The van der Waals surface area contributed by atoms with Gasteiger partial charge in [-0.3, -0.25) is 0 Å². The fraction of sp³-hybridized carbons (Fsp3) is 0.438. The van der Waals surface area contributed by atoms with Crippen LogP contribution in [0.2, 0.25) is 5.02 Å². The van der Waals surface area contributed by atoms with E-state index >= 15 is 0 Å². The van der Waals surface area contributed by atoms with Crippen LogP contribution in [-0.4, -0.2) is 11.0 Å². The minimum absolute atomic E-state index is 0.508. The van der Waals surface area contributed by atoms with Crippen LogP contribution in [-0.2, 0) is 19.6 Å². The van der Waals surface area contributed by atoms with Crippen LogP contribution in [0, 0.1) is 0 Å². The van der Waals surface area contributed by atoms with Gasteiger partial charge in [-0.05, 0) is 37.5 Å². The first-order valence-electron chi connectivity index (χ1n) is 7.32. The lowest BCUT2D eigenvalue weighted by Gasteiger charge is -2.12. The molecular weight excluding hydrogens is 304 g/mol. The molecule has 112 valence electrons. The van der Waals surface area contributed by atoms with Gasteiger partial charge >= 0.3 is 0 Å². The van der Waals surface area contributed by atoms with E-state index in [2.05, 4.69) is 22.6 Å². The molecule has 1 aromatic carbocycles. The largest absolute Gasteiger partial charge is 0.487 e. The third kappa shape index (κ3) is 4.19. The maximum absolute atomic E-state index is 6.09. The fourth-order valence-corrected chi connectivity index (χ4v) is 3.02. The molecular formula is C16H19ClN2OS. The van der Waals surface area contributed by atoms with Crippen molar-refractivity contribution in [3.63, 3.8) is 0 Å². The van der Waals surface area contributed by atoms with Gasteiger partial charge < -0.3 is 10.1 Å². The van der Waals surface area contributed by atoms with Gasteiger partial charge in [0.2, 0.25) is 0 Å². The zero-order valence-corrected chi connectivity index (χ0v) is 13.6. The Bertz CT molecular complexity index is 610. The van der Waals surface area contributed by atoms with E-state index in [-0.39, 0.29) is 0 Å². The number of aryl methyl sites for hydroxylation is 1. The molecule has 1 heterocycles. The molecule has 3 rings (SSSR count). The average molecular weight is 323 g/mol. The van der Waals surface area contributed by atoms with Crippen molar-refractivity contribution in [3.8, 4) is 5.75 Å². The van der Waals surface area contributed by atoms with E-state index in [0.29, 0.717) is 12.6 Å². The summed E-state index contributed by atoms with van der Waals surface area (Å²) in [5.41, 5.74) is 2.10. The first kappa shape index (κ1) is 14.8. The van der Waals surface area contributed by atoms with Crippen LogP contribution in [0.3, 0.4) is 0 Å². The first-order chi connectivity index (χ1) is 10.2. The highest BCUT2D eigenvalue weighted by Gasteiger charge is 2.20. The summed E-state index contributed by atoms with van der Waals surface area (Å²) in [5.74, 6) is 0.888. The van der Waals surface area contributed by atoms with Crippen LogP contribution < -0.4 is 10.1 Å². The molecule has 0 saturated heterocycles. The van der Waals surface area contributed by atoms with E-state index in [1.54, 1.807) is 11.3 Å². The zero-order chi connectivity index (χ0) is 14.7. The van der Waals surface area contributed by atoms with Gasteiger partial charge in [-0.15, -0.1) is 11.3 Å². The summed E-state index contributed by atoms with van der Waals surface area (Å²) in [6.45, 7) is 3.43. The van der Waals surface area contributed by atoms with Gasteiger partial charge in [0.05, 0.1) is 10.7 Å². The summed E-state index contributed by atoms with van der Waals surface area (Å²) in [4.78, 5) is 4.53. The number of ether oxygens (including phenoxy) is 1. The molecule has 0 aliphatic heterocycles. The van der Waals surface area contributed by atoms with Crippen LogP contribution >= 0.6 is 22.9 Å². The molecule has 1 aromatic heterocycles. The minimum atomic E-state index is 0.508. The van der Waals surface area contributed by atoms with E-state index < -0.39 is 0 Å². The molecule has 1 saturated carbocycles. The van der Waals surface area contributed by atoms with E-state index in [4.69, 9.17) is 16.3 Å². The molecule has 0 atom stereocenters. The summed E-state index contributed by atoms with van der Waals surface area (Å²) < 4.78 is 5.93. The maximum Gasteiger partial charge on any atom is 0.131 e. The first-order valence-corrected chi connectivity index (χ1v) is 8.58. The minimum Gasteiger partial charge on any atom is -0.487 e. The molecule has 21 heavy (non-hydrogen) atoms. The quantitative estimate of drug-likeness (QED) is 0.830. The summed E-state index contributed by atoms with van der Waals surface area (Å²) in [7, 11) is 0. The second-order valence-electron chi connectivity index (χ2n) is 5.28. The number of hydrogen-bond donors (Lipinski definition) is 1.